The van der Waals surface area contributed by atoms with Crippen LogP contribution in [-0.4, -0.2) is 60.0 Å². The van der Waals surface area contributed by atoms with Crippen molar-refractivity contribution in [2.45, 2.75) is 57.9 Å². The van der Waals surface area contributed by atoms with Gasteiger partial charge in [-0.2, -0.15) is 0 Å². The minimum atomic E-state index is -0.770. The summed E-state index contributed by atoms with van der Waals surface area (Å²) in [6, 6.07) is -0.626. The molecule has 3 fully saturated rings. The summed E-state index contributed by atoms with van der Waals surface area (Å²) in [6.07, 6.45) is 1.38. The number of hydrogen-bond donors (Lipinski definition) is 2. The number of fused-ring (bicyclic) bond motifs is 5. The summed E-state index contributed by atoms with van der Waals surface area (Å²) < 4.78 is 5.70. The molecule has 0 saturated carbocycles. The van der Waals surface area contributed by atoms with Crippen LogP contribution in [0, 0.1) is 11.8 Å². The number of ether oxygens (including phenoxy) is 1. The average molecular weight is 323 g/mol. The lowest BCUT2D eigenvalue weighted by atomic mass is 9.81. The molecule has 0 aromatic carbocycles. The third-order valence-corrected chi connectivity index (χ3v) is 5.22. The van der Waals surface area contributed by atoms with Crippen molar-refractivity contribution < 1.29 is 19.1 Å². The second kappa shape index (κ2) is 6.20. The maximum atomic E-state index is 12.6. The van der Waals surface area contributed by atoms with Gasteiger partial charge in [0.1, 0.15) is 6.04 Å². The second-order valence-corrected chi connectivity index (χ2v) is 6.77. The van der Waals surface area contributed by atoms with Crippen molar-refractivity contribution in [2.24, 2.45) is 11.8 Å². The van der Waals surface area contributed by atoms with Crippen molar-refractivity contribution in [3.63, 3.8) is 0 Å². The van der Waals surface area contributed by atoms with E-state index in [4.69, 9.17) is 4.74 Å². The van der Waals surface area contributed by atoms with Crippen molar-refractivity contribution in [1.82, 2.24) is 15.5 Å². The number of carbonyl (C=O) groups is 3. The average Bonchev–Trinajstić information content (AvgIpc) is 3.19. The molecule has 3 aliphatic heterocycles. The summed E-state index contributed by atoms with van der Waals surface area (Å²) in [5, 5.41) is 6.01. The van der Waals surface area contributed by atoms with Gasteiger partial charge in [0.05, 0.1) is 24.0 Å². The molecule has 0 aromatic rings. The maximum Gasteiger partial charge on any atom is 0.243 e. The molecule has 6 atom stereocenters. The highest BCUT2D eigenvalue weighted by molar-refractivity contribution is 6.09. The SMILES string of the molecule is CCN[C@H](C)CNC(=O)C(C)N1C(=O)C2C3CCC(O3)C2C1=O. The van der Waals surface area contributed by atoms with Gasteiger partial charge in [-0.25, -0.2) is 0 Å². The summed E-state index contributed by atoms with van der Waals surface area (Å²) in [5.41, 5.74) is 0. The van der Waals surface area contributed by atoms with Crippen LogP contribution in [0.5, 0.6) is 0 Å². The van der Waals surface area contributed by atoms with E-state index < -0.39 is 6.04 Å². The van der Waals surface area contributed by atoms with Crippen LogP contribution in [0.3, 0.4) is 0 Å². The van der Waals surface area contributed by atoms with Gasteiger partial charge in [0, 0.05) is 12.6 Å². The Labute approximate surface area is 136 Å². The molecule has 3 saturated heterocycles. The maximum absolute atomic E-state index is 12.6. The van der Waals surface area contributed by atoms with E-state index in [2.05, 4.69) is 10.6 Å². The van der Waals surface area contributed by atoms with Crippen molar-refractivity contribution in [3.05, 3.63) is 0 Å². The highest BCUT2D eigenvalue weighted by Gasteiger charge is 2.63. The molecule has 3 heterocycles. The molecule has 3 rings (SSSR count). The molecule has 3 amide bonds. The topological polar surface area (TPSA) is 87.7 Å². The van der Waals surface area contributed by atoms with Gasteiger partial charge < -0.3 is 15.4 Å². The molecule has 0 aliphatic carbocycles. The van der Waals surface area contributed by atoms with Gasteiger partial charge in [-0.3, -0.25) is 19.3 Å². The van der Waals surface area contributed by atoms with Crippen LogP contribution < -0.4 is 10.6 Å². The fourth-order valence-corrected chi connectivity index (χ4v) is 4.06. The molecule has 5 unspecified atom stereocenters. The number of likely N-dealkylation sites (tertiary alicyclic amines) is 1. The number of nitrogens with zero attached hydrogens (tertiary/aromatic N) is 1. The lowest BCUT2D eigenvalue weighted by Crippen LogP contribution is -2.51. The number of carbonyl (C=O) groups excluding carboxylic acids is 3. The number of rotatable bonds is 6. The molecule has 7 heteroatoms. The number of likely N-dealkylation sites (N-methyl/N-ethyl adjacent to an activating group) is 1. The van der Waals surface area contributed by atoms with E-state index in [0.717, 1.165) is 24.3 Å². The summed E-state index contributed by atoms with van der Waals surface area (Å²) in [6.45, 7) is 6.88. The highest BCUT2D eigenvalue weighted by Crippen LogP contribution is 2.48. The predicted molar refractivity (Wildman–Crippen MR) is 82.3 cm³/mol. The lowest BCUT2D eigenvalue weighted by Gasteiger charge is -2.24. The highest BCUT2D eigenvalue weighted by atomic mass is 16.5. The van der Waals surface area contributed by atoms with E-state index in [1.807, 2.05) is 13.8 Å². The van der Waals surface area contributed by atoms with Crippen molar-refractivity contribution in [3.8, 4) is 0 Å². The zero-order valence-electron chi connectivity index (χ0n) is 13.9. The van der Waals surface area contributed by atoms with Gasteiger partial charge in [-0.1, -0.05) is 6.92 Å². The minimum Gasteiger partial charge on any atom is -0.373 e. The van der Waals surface area contributed by atoms with E-state index >= 15 is 0 Å². The Morgan fingerprint density at radius 3 is 2.30 bits per heavy atom. The van der Waals surface area contributed by atoms with Crippen LogP contribution >= 0.6 is 0 Å². The fraction of sp³-hybridized carbons (Fsp3) is 0.812. The molecule has 7 nitrogen and oxygen atoms in total. The zero-order valence-corrected chi connectivity index (χ0v) is 13.9. The third kappa shape index (κ3) is 2.65. The first-order valence-corrected chi connectivity index (χ1v) is 8.49. The summed E-state index contributed by atoms with van der Waals surface area (Å²) in [5.74, 6) is -1.52. The Morgan fingerprint density at radius 1 is 1.22 bits per heavy atom. The Morgan fingerprint density at radius 2 is 1.78 bits per heavy atom. The first-order valence-electron chi connectivity index (χ1n) is 8.49. The molecule has 0 radical (unpaired) electrons. The van der Waals surface area contributed by atoms with Gasteiger partial charge in [-0.05, 0) is 33.2 Å². The van der Waals surface area contributed by atoms with Crippen molar-refractivity contribution in [1.29, 1.82) is 0 Å². The van der Waals surface area contributed by atoms with Crippen LogP contribution in [0.1, 0.15) is 33.6 Å². The Hall–Kier alpha value is -1.47. The lowest BCUT2D eigenvalue weighted by molar-refractivity contribution is -0.149. The first-order chi connectivity index (χ1) is 11.0. The number of amides is 3. The van der Waals surface area contributed by atoms with E-state index in [1.54, 1.807) is 6.92 Å². The summed E-state index contributed by atoms with van der Waals surface area (Å²) in [7, 11) is 0. The molecule has 2 N–H and O–H groups in total. The van der Waals surface area contributed by atoms with E-state index in [-0.39, 0.29) is 47.8 Å². The van der Waals surface area contributed by atoms with Crippen molar-refractivity contribution in [2.75, 3.05) is 13.1 Å². The first kappa shape index (κ1) is 16.4. The van der Waals surface area contributed by atoms with Gasteiger partial charge in [0.2, 0.25) is 17.7 Å². The summed E-state index contributed by atoms with van der Waals surface area (Å²) in [4.78, 5) is 38.7. The van der Waals surface area contributed by atoms with Gasteiger partial charge >= 0.3 is 0 Å². The zero-order chi connectivity index (χ0) is 16.7. The smallest absolute Gasteiger partial charge is 0.243 e. The standard InChI is InChI=1S/C16H25N3O4/c1-4-17-8(2)7-18-14(20)9(3)19-15(21)12-10-5-6-11(23-10)13(12)16(19)22/h8-13,17H,4-7H2,1-3H3,(H,18,20)/t8-,9?,10?,11?,12?,13?/m1/s1. The quantitative estimate of drug-likeness (QED) is 0.653. The largest absolute Gasteiger partial charge is 0.373 e. The Bertz CT molecular complexity index is 495. The molecular weight excluding hydrogens is 298 g/mol. The number of nitrogens with one attached hydrogen (secondary N) is 2. The number of imide groups is 1. The van der Waals surface area contributed by atoms with E-state index in [0.29, 0.717) is 6.54 Å². The van der Waals surface area contributed by atoms with Crippen LogP contribution in [0.15, 0.2) is 0 Å². The second-order valence-electron chi connectivity index (χ2n) is 6.77. The Balaban J connectivity index is 1.63. The van der Waals surface area contributed by atoms with Gasteiger partial charge in [-0.15, -0.1) is 0 Å². The minimum absolute atomic E-state index is 0.143. The van der Waals surface area contributed by atoms with E-state index in [9.17, 15) is 14.4 Å². The predicted octanol–water partition coefficient (Wildman–Crippen LogP) is -0.348. The van der Waals surface area contributed by atoms with E-state index in [1.165, 1.54) is 0 Å². The molecule has 0 aromatic heterocycles. The van der Waals surface area contributed by atoms with Crippen LogP contribution in [-0.2, 0) is 19.1 Å². The van der Waals surface area contributed by atoms with Gasteiger partial charge in [0.25, 0.3) is 0 Å². The third-order valence-electron chi connectivity index (χ3n) is 5.22. The van der Waals surface area contributed by atoms with Crippen molar-refractivity contribution >= 4 is 17.7 Å². The Kier molecular flexibility index (Phi) is 4.42. The van der Waals surface area contributed by atoms with Crippen LogP contribution in [0.25, 0.3) is 0 Å². The molecular formula is C16H25N3O4. The molecule has 0 spiro atoms. The van der Waals surface area contributed by atoms with Crippen LogP contribution in [0.4, 0.5) is 0 Å². The monoisotopic (exact) mass is 323 g/mol. The molecule has 128 valence electrons. The molecule has 3 aliphatic rings. The van der Waals surface area contributed by atoms with Crippen LogP contribution in [0.2, 0.25) is 0 Å². The molecule has 2 bridgehead atoms. The summed E-state index contributed by atoms with van der Waals surface area (Å²) >= 11 is 0. The fourth-order valence-electron chi connectivity index (χ4n) is 4.06. The molecule has 23 heavy (non-hydrogen) atoms. The number of hydrogen-bond acceptors (Lipinski definition) is 5. The van der Waals surface area contributed by atoms with Gasteiger partial charge in [0.15, 0.2) is 0 Å². The normalized spacial score (nSPS) is 34.7.